The smallest absolute Gasteiger partial charge is 0.248 e. The number of carbonyl (C=O) groups excluding carboxylic acids is 1. The second-order valence-corrected chi connectivity index (χ2v) is 7.30. The van der Waals surface area contributed by atoms with E-state index in [2.05, 4.69) is 15.5 Å². The number of ether oxygens (including phenoxy) is 1. The molecule has 7 nitrogen and oxygen atoms in total. The van der Waals surface area contributed by atoms with Gasteiger partial charge in [0.05, 0.1) is 17.9 Å². The number of nitrogens with one attached hydrogen (secondary N) is 1. The quantitative estimate of drug-likeness (QED) is 0.423. The first-order chi connectivity index (χ1) is 15.6. The summed E-state index contributed by atoms with van der Waals surface area (Å²) in [5.74, 6) is 0.472. The van der Waals surface area contributed by atoms with E-state index in [0.29, 0.717) is 24.6 Å². The number of para-hydroxylation sites is 1. The number of carbonyl (C=O) groups is 1. The highest BCUT2D eigenvalue weighted by molar-refractivity contribution is 6.02. The Morgan fingerprint density at radius 1 is 1.09 bits per heavy atom. The maximum atomic E-state index is 12.5. The van der Waals surface area contributed by atoms with Gasteiger partial charge in [-0.25, -0.2) is 4.68 Å². The van der Waals surface area contributed by atoms with Gasteiger partial charge in [0.15, 0.2) is 0 Å². The number of nitrogens with zero attached hydrogens (tertiary/aromatic N) is 4. The minimum Gasteiger partial charge on any atom is -0.492 e. The maximum absolute atomic E-state index is 12.5. The Bertz CT molecular complexity index is 1210. The van der Waals surface area contributed by atoms with Gasteiger partial charge >= 0.3 is 0 Å². The van der Waals surface area contributed by atoms with Gasteiger partial charge in [-0.05, 0) is 50.3 Å². The van der Waals surface area contributed by atoms with Crippen molar-refractivity contribution >= 4 is 17.7 Å². The van der Waals surface area contributed by atoms with Crippen molar-refractivity contribution in [3.05, 3.63) is 96.1 Å². The lowest BCUT2D eigenvalue weighted by molar-refractivity contribution is -0.111. The summed E-state index contributed by atoms with van der Waals surface area (Å²) >= 11 is 0. The van der Waals surface area contributed by atoms with Crippen molar-refractivity contribution in [1.29, 1.82) is 0 Å². The van der Waals surface area contributed by atoms with Crippen LogP contribution >= 0.6 is 0 Å². The van der Waals surface area contributed by atoms with Crippen LogP contribution in [-0.2, 0) is 11.3 Å². The summed E-state index contributed by atoms with van der Waals surface area (Å²) in [6, 6.07) is 19.1. The number of hydrogen-bond donors (Lipinski definition) is 1. The van der Waals surface area contributed by atoms with Crippen LogP contribution in [0.1, 0.15) is 17.0 Å². The Morgan fingerprint density at radius 3 is 2.72 bits per heavy atom. The minimum atomic E-state index is -0.218. The van der Waals surface area contributed by atoms with Gasteiger partial charge in [0, 0.05) is 41.5 Å². The Hall–Kier alpha value is -4.13. The molecule has 4 rings (SSSR count). The van der Waals surface area contributed by atoms with E-state index in [1.807, 2.05) is 79.3 Å². The summed E-state index contributed by atoms with van der Waals surface area (Å²) in [7, 11) is 0. The number of amides is 1. The standard InChI is InChI=1S/C25H25N5O2/c1-19-24(20(2)30(28-19)22-9-4-3-5-10-22)12-13-25(31)27-21-8-6-11-23(18-21)32-17-16-29-15-7-14-26-29/h3-15,18H,16-17H2,1-2H3,(H,27,31). The summed E-state index contributed by atoms with van der Waals surface area (Å²) in [5.41, 5.74) is 4.43. The Labute approximate surface area is 187 Å². The van der Waals surface area contributed by atoms with E-state index in [-0.39, 0.29) is 5.91 Å². The number of aromatic nitrogens is 4. The zero-order chi connectivity index (χ0) is 22.3. The van der Waals surface area contributed by atoms with Crippen molar-refractivity contribution in [2.45, 2.75) is 20.4 Å². The Balaban J connectivity index is 1.38. The molecule has 4 aromatic rings. The van der Waals surface area contributed by atoms with Gasteiger partial charge in [0.1, 0.15) is 12.4 Å². The number of benzene rings is 2. The maximum Gasteiger partial charge on any atom is 0.248 e. The second kappa shape index (κ2) is 9.78. The van der Waals surface area contributed by atoms with E-state index in [4.69, 9.17) is 4.74 Å². The van der Waals surface area contributed by atoms with Gasteiger partial charge in [-0.3, -0.25) is 9.48 Å². The first-order valence-corrected chi connectivity index (χ1v) is 10.4. The molecule has 7 heteroatoms. The second-order valence-electron chi connectivity index (χ2n) is 7.30. The summed E-state index contributed by atoms with van der Waals surface area (Å²) < 4.78 is 9.46. The topological polar surface area (TPSA) is 74.0 Å². The Morgan fingerprint density at radius 2 is 1.94 bits per heavy atom. The summed E-state index contributed by atoms with van der Waals surface area (Å²) in [4.78, 5) is 12.5. The molecule has 0 saturated carbocycles. The van der Waals surface area contributed by atoms with Crippen LogP contribution in [0.25, 0.3) is 11.8 Å². The van der Waals surface area contributed by atoms with Crippen LogP contribution in [0.2, 0.25) is 0 Å². The van der Waals surface area contributed by atoms with Crippen molar-refractivity contribution in [1.82, 2.24) is 19.6 Å². The monoisotopic (exact) mass is 427 g/mol. The zero-order valence-corrected chi connectivity index (χ0v) is 18.1. The van der Waals surface area contributed by atoms with Crippen molar-refractivity contribution in [3.63, 3.8) is 0 Å². The molecule has 0 atom stereocenters. The van der Waals surface area contributed by atoms with Gasteiger partial charge in [0.2, 0.25) is 5.91 Å². The Kier molecular flexibility index (Phi) is 6.46. The largest absolute Gasteiger partial charge is 0.492 e. The molecule has 0 radical (unpaired) electrons. The van der Waals surface area contributed by atoms with Gasteiger partial charge < -0.3 is 10.1 Å². The molecule has 0 aliphatic rings. The highest BCUT2D eigenvalue weighted by Gasteiger charge is 2.11. The van der Waals surface area contributed by atoms with Crippen LogP contribution in [0.3, 0.4) is 0 Å². The molecule has 0 fully saturated rings. The fourth-order valence-corrected chi connectivity index (χ4v) is 3.41. The molecule has 0 unspecified atom stereocenters. The van der Waals surface area contributed by atoms with Crippen LogP contribution in [0.15, 0.2) is 79.1 Å². The molecule has 1 amide bonds. The molecule has 0 aliphatic carbocycles. The summed E-state index contributed by atoms with van der Waals surface area (Å²) in [6.45, 7) is 5.08. The van der Waals surface area contributed by atoms with Crippen LogP contribution in [-0.4, -0.2) is 32.1 Å². The fourth-order valence-electron chi connectivity index (χ4n) is 3.41. The molecule has 2 heterocycles. The highest BCUT2D eigenvalue weighted by atomic mass is 16.5. The van der Waals surface area contributed by atoms with E-state index in [1.54, 1.807) is 23.0 Å². The average Bonchev–Trinajstić information content (AvgIpc) is 3.41. The molecular weight excluding hydrogens is 402 g/mol. The minimum absolute atomic E-state index is 0.218. The molecule has 0 bridgehead atoms. The first kappa shape index (κ1) is 21.1. The van der Waals surface area contributed by atoms with Crippen molar-refractivity contribution < 1.29 is 9.53 Å². The van der Waals surface area contributed by atoms with Crippen LogP contribution in [0, 0.1) is 13.8 Å². The van der Waals surface area contributed by atoms with Gasteiger partial charge in [0.25, 0.3) is 0 Å². The van der Waals surface area contributed by atoms with E-state index < -0.39 is 0 Å². The molecule has 0 aliphatic heterocycles. The summed E-state index contributed by atoms with van der Waals surface area (Å²) in [6.07, 6.45) is 6.95. The molecule has 162 valence electrons. The zero-order valence-electron chi connectivity index (χ0n) is 18.1. The van der Waals surface area contributed by atoms with Crippen LogP contribution in [0.5, 0.6) is 5.75 Å². The molecule has 2 aromatic carbocycles. The normalized spacial score (nSPS) is 11.1. The van der Waals surface area contributed by atoms with Crippen molar-refractivity contribution in [2.24, 2.45) is 0 Å². The number of rotatable bonds is 8. The fraction of sp³-hybridized carbons (Fsp3) is 0.160. The highest BCUT2D eigenvalue weighted by Crippen LogP contribution is 2.20. The SMILES string of the molecule is Cc1nn(-c2ccccc2)c(C)c1C=CC(=O)Nc1cccc(OCCn2cccn2)c1. The van der Waals surface area contributed by atoms with E-state index in [9.17, 15) is 4.79 Å². The van der Waals surface area contributed by atoms with E-state index >= 15 is 0 Å². The van der Waals surface area contributed by atoms with Crippen molar-refractivity contribution in [3.8, 4) is 11.4 Å². The number of anilines is 1. The predicted molar refractivity (Wildman–Crippen MR) is 125 cm³/mol. The third kappa shape index (κ3) is 5.13. The lowest BCUT2D eigenvalue weighted by Gasteiger charge is -2.08. The third-order valence-corrected chi connectivity index (χ3v) is 5.00. The number of hydrogen-bond acceptors (Lipinski definition) is 4. The molecule has 1 N–H and O–H groups in total. The average molecular weight is 428 g/mol. The van der Waals surface area contributed by atoms with Gasteiger partial charge in [-0.2, -0.15) is 10.2 Å². The first-order valence-electron chi connectivity index (χ1n) is 10.4. The van der Waals surface area contributed by atoms with Crippen molar-refractivity contribution in [2.75, 3.05) is 11.9 Å². The lowest BCUT2D eigenvalue weighted by atomic mass is 10.2. The third-order valence-electron chi connectivity index (χ3n) is 5.00. The number of aryl methyl sites for hydroxylation is 1. The van der Waals surface area contributed by atoms with Gasteiger partial charge in [-0.15, -0.1) is 0 Å². The predicted octanol–water partition coefficient (Wildman–Crippen LogP) is 4.42. The van der Waals surface area contributed by atoms with E-state index in [0.717, 1.165) is 22.6 Å². The van der Waals surface area contributed by atoms with Gasteiger partial charge in [-0.1, -0.05) is 24.3 Å². The molecule has 32 heavy (non-hydrogen) atoms. The molecule has 0 saturated heterocycles. The lowest BCUT2D eigenvalue weighted by Crippen LogP contribution is -2.10. The molecular formula is C25H25N5O2. The molecule has 2 aromatic heterocycles. The van der Waals surface area contributed by atoms with Crippen LogP contribution < -0.4 is 10.1 Å². The molecule has 0 spiro atoms. The summed E-state index contributed by atoms with van der Waals surface area (Å²) in [5, 5.41) is 11.6. The van der Waals surface area contributed by atoms with Crippen LogP contribution in [0.4, 0.5) is 5.69 Å². The van der Waals surface area contributed by atoms with E-state index in [1.165, 1.54) is 6.08 Å².